The van der Waals surface area contributed by atoms with Crippen LogP contribution >= 0.6 is 34.8 Å². The number of Topliss-reactive ketones (excluding diaryl/α,β-unsaturated/α-hetero) is 1. The smallest absolute Gasteiger partial charge is 0.151 e. The number of rotatable bonds is 2. The number of hydrogen-bond acceptors (Lipinski definition) is 1. The van der Waals surface area contributed by atoms with E-state index in [1.807, 2.05) is 0 Å². The number of halogens is 3. The van der Waals surface area contributed by atoms with Gasteiger partial charge in [-0.05, 0) is 13.0 Å². The van der Waals surface area contributed by atoms with Crippen molar-refractivity contribution >= 4 is 40.6 Å². The molecule has 0 aliphatic heterocycles. The second-order valence-electron chi connectivity index (χ2n) is 1.47. The fourth-order valence-corrected chi connectivity index (χ4v) is 0.735. The van der Waals surface area contributed by atoms with Crippen molar-refractivity contribution in [2.45, 2.75) is 12.3 Å². The quantitative estimate of drug-likeness (QED) is 0.607. The van der Waals surface area contributed by atoms with Crippen molar-refractivity contribution in [1.82, 2.24) is 0 Å². The van der Waals surface area contributed by atoms with Gasteiger partial charge in [-0.2, -0.15) is 0 Å². The Hall–Kier alpha value is 0.280. The lowest BCUT2D eigenvalue weighted by Crippen LogP contribution is -2.05. The van der Waals surface area contributed by atoms with E-state index < -0.39 is 5.38 Å². The van der Waals surface area contributed by atoms with E-state index in [0.29, 0.717) is 0 Å². The second-order valence-corrected chi connectivity index (χ2v) is 2.95. The summed E-state index contributed by atoms with van der Waals surface area (Å²) in [5, 5.41) is -0.699. The Kier molecular flexibility index (Phi) is 4.28. The molecule has 0 heterocycles. The average molecular weight is 187 g/mol. The lowest BCUT2D eigenvalue weighted by molar-refractivity contribution is -0.115. The van der Waals surface area contributed by atoms with Crippen LogP contribution in [0, 0.1) is 0 Å². The van der Waals surface area contributed by atoms with Crippen LogP contribution < -0.4 is 0 Å². The molecule has 0 spiro atoms. The monoisotopic (exact) mass is 186 g/mol. The Bertz CT molecular complexity index is 137. The Morgan fingerprint density at radius 1 is 1.56 bits per heavy atom. The van der Waals surface area contributed by atoms with Gasteiger partial charge in [-0.25, -0.2) is 0 Å². The fraction of sp³-hybridized carbons (Fsp3) is 0.400. The predicted octanol–water partition coefficient (Wildman–Crippen LogP) is 2.50. The van der Waals surface area contributed by atoms with Crippen LogP contribution in [0.2, 0.25) is 0 Å². The maximum absolute atomic E-state index is 10.4. The molecule has 1 nitrogen and oxygen atoms in total. The first-order valence-electron chi connectivity index (χ1n) is 2.21. The lowest BCUT2D eigenvalue weighted by Gasteiger charge is -1.94. The van der Waals surface area contributed by atoms with Crippen molar-refractivity contribution < 1.29 is 4.79 Å². The van der Waals surface area contributed by atoms with Gasteiger partial charge in [-0.3, -0.25) is 4.79 Å². The second kappa shape index (κ2) is 4.15. The molecule has 0 fully saturated rings. The van der Waals surface area contributed by atoms with Gasteiger partial charge in [0.25, 0.3) is 0 Å². The molecule has 0 amide bonds. The maximum atomic E-state index is 10.4. The van der Waals surface area contributed by atoms with E-state index >= 15 is 0 Å². The van der Waals surface area contributed by atoms with Crippen molar-refractivity contribution in [3.63, 3.8) is 0 Å². The summed E-state index contributed by atoms with van der Waals surface area (Å²) in [5.74, 6) is -0.171. The summed E-state index contributed by atoms with van der Waals surface area (Å²) >= 11 is 15.8. The van der Waals surface area contributed by atoms with Crippen LogP contribution in [0.25, 0.3) is 0 Å². The van der Waals surface area contributed by atoms with Crippen LogP contribution in [0.5, 0.6) is 0 Å². The van der Waals surface area contributed by atoms with Crippen LogP contribution in [0.1, 0.15) is 6.92 Å². The molecule has 0 aliphatic rings. The minimum atomic E-state index is -0.699. The standard InChI is InChI=1S/C5H5Cl3O/c1-3(9)4(6)2-5(7)8/h2,4H,1H3. The van der Waals surface area contributed by atoms with E-state index in [9.17, 15) is 4.79 Å². The highest BCUT2D eigenvalue weighted by Gasteiger charge is 2.05. The number of hydrogen-bond donors (Lipinski definition) is 0. The number of ketones is 1. The summed E-state index contributed by atoms with van der Waals surface area (Å²) in [6.45, 7) is 1.37. The lowest BCUT2D eigenvalue weighted by atomic mass is 10.3. The Morgan fingerprint density at radius 2 is 2.00 bits per heavy atom. The molecule has 0 N–H and O–H groups in total. The van der Waals surface area contributed by atoms with Gasteiger partial charge in [0.1, 0.15) is 9.87 Å². The van der Waals surface area contributed by atoms with E-state index in [4.69, 9.17) is 34.8 Å². The van der Waals surface area contributed by atoms with Crippen LogP contribution in [0.4, 0.5) is 0 Å². The summed E-state index contributed by atoms with van der Waals surface area (Å²) < 4.78 is 0.0187. The largest absolute Gasteiger partial charge is 0.298 e. The molecule has 0 saturated heterocycles. The summed E-state index contributed by atoms with van der Waals surface area (Å²) in [4.78, 5) is 10.4. The van der Waals surface area contributed by atoms with E-state index in [2.05, 4.69) is 0 Å². The van der Waals surface area contributed by atoms with Crippen molar-refractivity contribution in [1.29, 1.82) is 0 Å². The van der Waals surface area contributed by atoms with Crippen molar-refractivity contribution in [2.75, 3.05) is 0 Å². The van der Waals surface area contributed by atoms with Crippen molar-refractivity contribution in [3.8, 4) is 0 Å². The first-order chi connectivity index (χ1) is 4.04. The van der Waals surface area contributed by atoms with Crippen LogP contribution in [-0.2, 0) is 4.79 Å². The van der Waals surface area contributed by atoms with Crippen molar-refractivity contribution in [3.05, 3.63) is 10.6 Å². The van der Waals surface area contributed by atoms with Gasteiger partial charge in [-0.1, -0.05) is 23.2 Å². The summed E-state index contributed by atoms with van der Waals surface area (Å²) in [7, 11) is 0. The molecule has 9 heavy (non-hydrogen) atoms. The average Bonchev–Trinajstić information content (AvgIpc) is 1.63. The van der Waals surface area contributed by atoms with E-state index in [0.717, 1.165) is 0 Å². The SMILES string of the molecule is CC(=O)C(Cl)C=C(Cl)Cl. The highest BCUT2D eigenvalue weighted by Crippen LogP contribution is 2.11. The number of allylic oxidation sites excluding steroid dienone is 1. The maximum Gasteiger partial charge on any atom is 0.151 e. The van der Waals surface area contributed by atoms with Gasteiger partial charge in [0.15, 0.2) is 5.78 Å². The summed E-state index contributed by atoms with van der Waals surface area (Å²) in [6, 6.07) is 0. The van der Waals surface area contributed by atoms with Gasteiger partial charge in [-0.15, -0.1) is 11.6 Å². The van der Waals surface area contributed by atoms with E-state index in [1.54, 1.807) is 0 Å². The zero-order chi connectivity index (χ0) is 7.44. The van der Waals surface area contributed by atoms with E-state index in [1.165, 1.54) is 13.0 Å². The Labute approximate surface area is 68.6 Å². The van der Waals surface area contributed by atoms with Gasteiger partial charge >= 0.3 is 0 Å². The molecule has 0 rings (SSSR count). The van der Waals surface area contributed by atoms with Crippen LogP contribution in [0.3, 0.4) is 0 Å². The minimum absolute atomic E-state index is 0.0187. The third kappa shape index (κ3) is 4.76. The highest BCUT2D eigenvalue weighted by atomic mass is 35.5. The molecule has 0 aromatic rings. The first kappa shape index (κ1) is 9.28. The van der Waals surface area contributed by atoms with Crippen LogP contribution in [-0.4, -0.2) is 11.2 Å². The van der Waals surface area contributed by atoms with Gasteiger partial charge in [0.05, 0.1) is 0 Å². The molecule has 0 saturated carbocycles. The normalized spacial score (nSPS) is 12.4. The van der Waals surface area contributed by atoms with Gasteiger partial charge < -0.3 is 0 Å². The fourth-order valence-electron chi connectivity index (χ4n) is 0.228. The molecule has 0 bridgehead atoms. The number of carbonyl (C=O) groups excluding carboxylic acids is 1. The molecule has 0 radical (unpaired) electrons. The van der Waals surface area contributed by atoms with Gasteiger partial charge in [0, 0.05) is 0 Å². The topological polar surface area (TPSA) is 17.1 Å². The molecule has 52 valence electrons. The number of alkyl halides is 1. The summed E-state index contributed by atoms with van der Waals surface area (Å²) in [6.07, 6.45) is 1.27. The molecule has 0 aromatic heterocycles. The molecule has 1 unspecified atom stereocenters. The molecule has 0 aliphatic carbocycles. The zero-order valence-electron chi connectivity index (χ0n) is 4.70. The van der Waals surface area contributed by atoms with Gasteiger partial charge in [0.2, 0.25) is 0 Å². The zero-order valence-corrected chi connectivity index (χ0v) is 6.96. The molecular weight excluding hydrogens is 182 g/mol. The minimum Gasteiger partial charge on any atom is -0.298 e. The molecule has 4 heteroatoms. The molecule has 0 aromatic carbocycles. The Balaban J connectivity index is 3.91. The summed E-state index contributed by atoms with van der Waals surface area (Å²) in [5.41, 5.74) is 0. The molecule has 1 atom stereocenters. The van der Waals surface area contributed by atoms with E-state index in [-0.39, 0.29) is 10.3 Å². The highest BCUT2D eigenvalue weighted by molar-refractivity contribution is 6.56. The van der Waals surface area contributed by atoms with Crippen molar-refractivity contribution in [2.24, 2.45) is 0 Å². The predicted molar refractivity (Wildman–Crippen MR) is 40.1 cm³/mol. The molecular formula is C5H5Cl3O. The number of carbonyl (C=O) groups is 1. The first-order valence-corrected chi connectivity index (χ1v) is 3.40. The Morgan fingerprint density at radius 3 is 2.11 bits per heavy atom. The van der Waals surface area contributed by atoms with Crippen LogP contribution in [0.15, 0.2) is 10.6 Å². The third-order valence-electron chi connectivity index (χ3n) is 0.661. The third-order valence-corrected chi connectivity index (χ3v) is 1.35.